The van der Waals surface area contributed by atoms with E-state index in [1.807, 2.05) is 18.2 Å². The summed E-state index contributed by atoms with van der Waals surface area (Å²) in [5.41, 5.74) is 1.70. The Labute approximate surface area is 130 Å². The van der Waals surface area contributed by atoms with Crippen molar-refractivity contribution in [2.24, 2.45) is 5.92 Å². The number of hydrogen-bond acceptors (Lipinski definition) is 3. The summed E-state index contributed by atoms with van der Waals surface area (Å²) in [6.45, 7) is 6.88. The highest BCUT2D eigenvalue weighted by molar-refractivity contribution is 9.10. The lowest BCUT2D eigenvalue weighted by Crippen LogP contribution is -2.35. The van der Waals surface area contributed by atoms with Crippen molar-refractivity contribution in [3.05, 3.63) is 28.2 Å². The first-order chi connectivity index (χ1) is 9.67. The lowest BCUT2D eigenvalue weighted by molar-refractivity contribution is 0.204. The quantitative estimate of drug-likeness (QED) is 0.888. The van der Waals surface area contributed by atoms with E-state index in [0.717, 1.165) is 23.2 Å². The summed E-state index contributed by atoms with van der Waals surface area (Å²) >= 11 is 3.44. The van der Waals surface area contributed by atoms with Crippen molar-refractivity contribution in [1.82, 2.24) is 4.90 Å². The standard InChI is InChI=1S/C16H22BrN3/c1-13(12-20-5-3-2-4-6-20)11-19-16-8-14(10-18)7-15(17)9-16/h7-9,13,19H,2-6,11-12H2,1H3. The third-order valence-electron chi connectivity index (χ3n) is 3.70. The van der Waals surface area contributed by atoms with E-state index in [2.05, 4.69) is 39.1 Å². The van der Waals surface area contributed by atoms with Gasteiger partial charge in [-0.1, -0.05) is 29.3 Å². The average molecular weight is 336 g/mol. The fourth-order valence-corrected chi connectivity index (χ4v) is 3.19. The van der Waals surface area contributed by atoms with Gasteiger partial charge in [-0.15, -0.1) is 0 Å². The number of piperidine rings is 1. The van der Waals surface area contributed by atoms with Gasteiger partial charge in [0.1, 0.15) is 0 Å². The number of hydrogen-bond donors (Lipinski definition) is 1. The highest BCUT2D eigenvalue weighted by Gasteiger charge is 2.13. The Hall–Kier alpha value is -1.05. The molecule has 2 rings (SSSR count). The molecule has 3 nitrogen and oxygen atoms in total. The number of benzene rings is 1. The van der Waals surface area contributed by atoms with Crippen LogP contribution in [0.5, 0.6) is 0 Å². The molecule has 1 atom stereocenters. The Morgan fingerprint density at radius 3 is 2.75 bits per heavy atom. The molecule has 1 aromatic rings. The van der Waals surface area contributed by atoms with Crippen molar-refractivity contribution in [3.8, 4) is 6.07 Å². The van der Waals surface area contributed by atoms with E-state index in [0.29, 0.717) is 11.5 Å². The van der Waals surface area contributed by atoms with E-state index in [-0.39, 0.29) is 0 Å². The molecule has 0 aliphatic carbocycles. The maximum absolute atomic E-state index is 8.97. The lowest BCUT2D eigenvalue weighted by Gasteiger charge is -2.29. The normalized spacial score (nSPS) is 17.4. The van der Waals surface area contributed by atoms with Crippen molar-refractivity contribution < 1.29 is 0 Å². The van der Waals surface area contributed by atoms with Gasteiger partial charge < -0.3 is 10.2 Å². The van der Waals surface area contributed by atoms with Crippen LogP contribution < -0.4 is 5.32 Å². The molecule has 0 bridgehead atoms. The monoisotopic (exact) mass is 335 g/mol. The summed E-state index contributed by atoms with van der Waals surface area (Å²) in [4.78, 5) is 2.57. The maximum Gasteiger partial charge on any atom is 0.0992 e. The molecule has 1 heterocycles. The Bertz CT molecular complexity index is 475. The molecule has 1 unspecified atom stereocenters. The van der Waals surface area contributed by atoms with Crippen molar-refractivity contribution in [2.45, 2.75) is 26.2 Å². The number of nitriles is 1. The van der Waals surface area contributed by atoms with Crippen LogP contribution in [0.2, 0.25) is 0 Å². The maximum atomic E-state index is 8.97. The van der Waals surface area contributed by atoms with Gasteiger partial charge >= 0.3 is 0 Å². The van der Waals surface area contributed by atoms with Crippen LogP contribution in [0.3, 0.4) is 0 Å². The predicted molar refractivity (Wildman–Crippen MR) is 86.8 cm³/mol. The molecule has 0 amide bonds. The highest BCUT2D eigenvalue weighted by Crippen LogP contribution is 2.19. The van der Waals surface area contributed by atoms with Crippen molar-refractivity contribution >= 4 is 21.6 Å². The number of rotatable bonds is 5. The van der Waals surface area contributed by atoms with E-state index < -0.39 is 0 Å². The predicted octanol–water partition coefficient (Wildman–Crippen LogP) is 3.85. The van der Waals surface area contributed by atoms with E-state index in [1.165, 1.54) is 32.4 Å². The molecule has 1 saturated heterocycles. The number of anilines is 1. The van der Waals surface area contributed by atoms with Gasteiger partial charge in [-0.25, -0.2) is 0 Å². The number of nitrogens with zero attached hydrogens (tertiary/aromatic N) is 2. The van der Waals surface area contributed by atoms with E-state index in [9.17, 15) is 0 Å². The zero-order valence-electron chi connectivity index (χ0n) is 12.0. The summed E-state index contributed by atoms with van der Waals surface area (Å²) in [5, 5.41) is 12.4. The SMILES string of the molecule is CC(CNc1cc(Br)cc(C#N)c1)CN1CCCCC1. The van der Waals surface area contributed by atoms with Gasteiger partial charge in [0.15, 0.2) is 0 Å². The van der Waals surface area contributed by atoms with Gasteiger partial charge in [0.25, 0.3) is 0 Å². The Kier molecular flexibility index (Phi) is 5.87. The summed E-state index contributed by atoms with van der Waals surface area (Å²) < 4.78 is 0.947. The fourth-order valence-electron chi connectivity index (χ4n) is 2.70. The molecule has 1 N–H and O–H groups in total. The van der Waals surface area contributed by atoms with Gasteiger partial charge in [0.2, 0.25) is 0 Å². The van der Waals surface area contributed by atoms with Gasteiger partial charge in [-0.3, -0.25) is 0 Å². The second-order valence-corrected chi connectivity index (χ2v) is 6.60. The van der Waals surface area contributed by atoms with Gasteiger partial charge in [0, 0.05) is 23.2 Å². The topological polar surface area (TPSA) is 39.1 Å². The first-order valence-electron chi connectivity index (χ1n) is 7.34. The van der Waals surface area contributed by atoms with E-state index in [4.69, 9.17) is 5.26 Å². The van der Waals surface area contributed by atoms with Crippen LogP contribution >= 0.6 is 15.9 Å². The van der Waals surface area contributed by atoms with Crippen LogP contribution in [0.25, 0.3) is 0 Å². The number of halogens is 1. The molecule has 4 heteroatoms. The summed E-state index contributed by atoms with van der Waals surface area (Å²) in [7, 11) is 0. The van der Waals surface area contributed by atoms with Crippen LogP contribution in [-0.2, 0) is 0 Å². The molecule has 1 fully saturated rings. The summed E-state index contributed by atoms with van der Waals surface area (Å²) in [6, 6.07) is 7.94. The zero-order valence-corrected chi connectivity index (χ0v) is 13.6. The molecule has 0 saturated carbocycles. The molecule has 0 aromatic heterocycles. The number of likely N-dealkylation sites (tertiary alicyclic amines) is 1. The third-order valence-corrected chi connectivity index (χ3v) is 4.16. The fraction of sp³-hybridized carbons (Fsp3) is 0.562. The Morgan fingerprint density at radius 1 is 1.30 bits per heavy atom. The van der Waals surface area contributed by atoms with Gasteiger partial charge in [-0.05, 0) is 50.0 Å². The molecule has 1 aliphatic heterocycles. The van der Waals surface area contributed by atoms with Crippen LogP contribution in [0.1, 0.15) is 31.7 Å². The first-order valence-corrected chi connectivity index (χ1v) is 8.13. The molecule has 20 heavy (non-hydrogen) atoms. The smallest absolute Gasteiger partial charge is 0.0992 e. The van der Waals surface area contributed by atoms with Crippen molar-refractivity contribution in [3.63, 3.8) is 0 Å². The molecular weight excluding hydrogens is 314 g/mol. The van der Waals surface area contributed by atoms with Crippen LogP contribution in [0.4, 0.5) is 5.69 Å². The van der Waals surface area contributed by atoms with Crippen LogP contribution in [0, 0.1) is 17.2 Å². The van der Waals surface area contributed by atoms with Crippen molar-refractivity contribution in [1.29, 1.82) is 5.26 Å². The average Bonchev–Trinajstić information content (AvgIpc) is 2.45. The molecule has 1 aliphatic rings. The third kappa shape index (κ3) is 4.81. The minimum atomic E-state index is 0.609. The molecule has 108 valence electrons. The van der Waals surface area contributed by atoms with E-state index in [1.54, 1.807) is 0 Å². The molecule has 0 spiro atoms. The Balaban J connectivity index is 1.82. The first kappa shape index (κ1) is 15.3. The molecule has 1 aromatic carbocycles. The number of nitrogens with one attached hydrogen (secondary N) is 1. The zero-order chi connectivity index (χ0) is 14.4. The second kappa shape index (κ2) is 7.66. The lowest BCUT2D eigenvalue weighted by atomic mass is 10.1. The summed E-state index contributed by atoms with van der Waals surface area (Å²) in [5.74, 6) is 0.609. The van der Waals surface area contributed by atoms with E-state index >= 15 is 0 Å². The van der Waals surface area contributed by atoms with Gasteiger partial charge in [0.05, 0.1) is 11.6 Å². The van der Waals surface area contributed by atoms with Crippen molar-refractivity contribution in [2.75, 3.05) is 31.5 Å². The summed E-state index contributed by atoms with van der Waals surface area (Å²) in [6.07, 6.45) is 4.08. The minimum absolute atomic E-state index is 0.609. The second-order valence-electron chi connectivity index (χ2n) is 5.69. The molecule has 0 radical (unpaired) electrons. The highest BCUT2D eigenvalue weighted by atomic mass is 79.9. The van der Waals surface area contributed by atoms with Gasteiger partial charge in [-0.2, -0.15) is 5.26 Å². The van der Waals surface area contributed by atoms with Crippen LogP contribution in [0.15, 0.2) is 22.7 Å². The molecular formula is C16H22BrN3. The Morgan fingerprint density at radius 2 is 2.05 bits per heavy atom. The largest absolute Gasteiger partial charge is 0.385 e. The van der Waals surface area contributed by atoms with Crippen LogP contribution in [-0.4, -0.2) is 31.1 Å². The minimum Gasteiger partial charge on any atom is -0.385 e.